The minimum absolute atomic E-state index is 0.140. The number of hydrogen-bond acceptors (Lipinski definition) is 5. The van der Waals surface area contributed by atoms with Crippen LogP contribution >= 0.6 is 0 Å². The maximum absolute atomic E-state index is 11.1. The molecule has 98 valence electrons. The van der Waals surface area contributed by atoms with Crippen molar-refractivity contribution in [3.05, 3.63) is 34.4 Å². The molecule has 0 fully saturated rings. The summed E-state index contributed by atoms with van der Waals surface area (Å²) in [5, 5.41) is 14.5. The molecule has 0 aromatic heterocycles. The first-order valence-electron chi connectivity index (χ1n) is 4.52. The summed E-state index contributed by atoms with van der Waals surface area (Å²) in [6.07, 6.45) is 0. The Labute approximate surface area is 102 Å². The first-order valence-corrected chi connectivity index (χ1v) is 6.13. The summed E-state index contributed by atoms with van der Waals surface area (Å²) >= 11 is 0. The van der Waals surface area contributed by atoms with Crippen LogP contribution in [0.25, 0.3) is 0 Å². The van der Waals surface area contributed by atoms with Crippen LogP contribution in [0.2, 0.25) is 0 Å². The molecule has 1 rings (SSSR count). The molecule has 0 spiro atoms. The van der Waals surface area contributed by atoms with Crippen LogP contribution in [-0.4, -0.2) is 29.8 Å². The normalized spacial score (nSPS) is 10.7. The molecule has 0 saturated carbocycles. The highest BCUT2D eigenvalue weighted by Crippen LogP contribution is 2.14. The van der Waals surface area contributed by atoms with Gasteiger partial charge in [0.15, 0.2) is 0 Å². The third-order valence-electron chi connectivity index (χ3n) is 1.75. The van der Waals surface area contributed by atoms with Crippen molar-refractivity contribution >= 4 is 27.5 Å². The van der Waals surface area contributed by atoms with E-state index in [1.165, 1.54) is 24.3 Å². The molecule has 0 radical (unpaired) electrons. The Morgan fingerprint density at radius 1 is 1.33 bits per heavy atom. The molecular weight excluding hydrogens is 266 g/mol. The first kappa shape index (κ1) is 13.9. The average Bonchev–Trinajstić information content (AvgIpc) is 2.26. The summed E-state index contributed by atoms with van der Waals surface area (Å²) in [5.41, 5.74) is 0.104. The van der Waals surface area contributed by atoms with E-state index in [4.69, 9.17) is 4.55 Å². The zero-order valence-corrected chi connectivity index (χ0v) is 9.68. The molecule has 0 aliphatic carbocycles. The van der Waals surface area contributed by atoms with Gasteiger partial charge in [0.1, 0.15) is 5.88 Å². The molecule has 0 heterocycles. The van der Waals surface area contributed by atoms with E-state index < -0.39 is 26.9 Å². The Kier molecular flexibility index (Phi) is 4.18. The maximum Gasteiger partial charge on any atom is 0.320 e. The number of benzene rings is 1. The monoisotopic (exact) mass is 275 g/mol. The number of non-ortho nitro benzene ring substituents is 1. The van der Waals surface area contributed by atoms with Crippen molar-refractivity contribution in [3.63, 3.8) is 0 Å². The molecule has 0 aliphatic heterocycles. The van der Waals surface area contributed by atoms with Crippen LogP contribution in [0.5, 0.6) is 0 Å². The number of rotatable bonds is 4. The molecule has 0 saturated heterocycles. The van der Waals surface area contributed by atoms with E-state index in [-0.39, 0.29) is 11.4 Å². The first-order chi connectivity index (χ1) is 8.28. The summed E-state index contributed by atoms with van der Waals surface area (Å²) in [4.78, 5) is 20.9. The fourth-order valence-electron chi connectivity index (χ4n) is 0.999. The summed E-state index contributed by atoms with van der Waals surface area (Å²) < 4.78 is 29.1. The van der Waals surface area contributed by atoms with E-state index in [9.17, 15) is 23.3 Å². The zero-order valence-electron chi connectivity index (χ0n) is 8.86. The number of urea groups is 1. The van der Waals surface area contributed by atoms with E-state index in [1.807, 2.05) is 5.32 Å². The Morgan fingerprint density at radius 2 is 1.89 bits per heavy atom. The van der Waals surface area contributed by atoms with Gasteiger partial charge in [-0.05, 0) is 12.1 Å². The fraction of sp³-hybridized carbons (Fsp3) is 0.125. The highest BCUT2D eigenvalue weighted by molar-refractivity contribution is 7.85. The second-order valence-electron chi connectivity index (χ2n) is 3.16. The molecule has 3 N–H and O–H groups in total. The van der Waals surface area contributed by atoms with Gasteiger partial charge >= 0.3 is 6.03 Å². The number of nitrogens with zero attached hydrogens (tertiary/aromatic N) is 1. The second-order valence-corrected chi connectivity index (χ2v) is 4.61. The Bertz CT molecular complexity index is 553. The molecule has 0 bridgehead atoms. The molecule has 10 heteroatoms. The maximum atomic E-state index is 11.1. The lowest BCUT2D eigenvalue weighted by Gasteiger charge is -2.05. The highest BCUT2D eigenvalue weighted by Gasteiger charge is 2.09. The standard InChI is InChI=1S/C8H9N3O6S/c12-8(9-5-18(15,16)17)10-6-1-3-7(4-2-6)11(13)14/h1-4H,5H2,(H2,9,10,12)(H,15,16,17). The molecule has 1 aromatic carbocycles. The number of amides is 2. The Morgan fingerprint density at radius 3 is 2.33 bits per heavy atom. The van der Waals surface area contributed by atoms with Gasteiger partial charge in [-0.1, -0.05) is 0 Å². The average molecular weight is 275 g/mol. The van der Waals surface area contributed by atoms with Gasteiger partial charge < -0.3 is 10.6 Å². The minimum Gasteiger partial charge on any atom is -0.321 e. The van der Waals surface area contributed by atoms with Crippen LogP contribution in [0.3, 0.4) is 0 Å². The van der Waals surface area contributed by atoms with Gasteiger partial charge in [-0.2, -0.15) is 8.42 Å². The van der Waals surface area contributed by atoms with Crippen LogP contribution in [0, 0.1) is 10.1 Å². The molecular formula is C8H9N3O6S. The van der Waals surface area contributed by atoms with Crippen LogP contribution in [0.1, 0.15) is 0 Å². The van der Waals surface area contributed by atoms with Crippen molar-refractivity contribution in [2.75, 3.05) is 11.2 Å². The van der Waals surface area contributed by atoms with E-state index in [0.717, 1.165) is 0 Å². The molecule has 9 nitrogen and oxygen atoms in total. The van der Waals surface area contributed by atoms with E-state index in [2.05, 4.69) is 5.32 Å². The molecule has 0 aliphatic rings. The summed E-state index contributed by atoms with van der Waals surface area (Å²) in [5.74, 6) is -0.925. The number of hydrogen-bond donors (Lipinski definition) is 3. The van der Waals surface area contributed by atoms with E-state index in [1.54, 1.807) is 0 Å². The second kappa shape index (κ2) is 5.42. The predicted octanol–water partition coefficient (Wildman–Crippen LogP) is 0.562. The van der Waals surface area contributed by atoms with Gasteiger partial charge in [0.25, 0.3) is 15.8 Å². The van der Waals surface area contributed by atoms with Gasteiger partial charge in [0, 0.05) is 17.8 Å². The number of carbonyl (C=O) groups is 1. The lowest BCUT2D eigenvalue weighted by Crippen LogP contribution is -2.33. The van der Waals surface area contributed by atoms with E-state index >= 15 is 0 Å². The fourth-order valence-corrected chi connectivity index (χ4v) is 1.31. The third kappa shape index (κ3) is 4.76. The molecule has 0 atom stereocenters. The Balaban J connectivity index is 2.57. The van der Waals surface area contributed by atoms with Crippen LogP contribution < -0.4 is 10.6 Å². The summed E-state index contributed by atoms with van der Waals surface area (Å²) in [7, 11) is -4.29. The summed E-state index contributed by atoms with van der Waals surface area (Å²) in [6, 6.07) is 4.06. The molecule has 0 unspecified atom stereocenters. The van der Waals surface area contributed by atoms with Crippen LogP contribution in [0.15, 0.2) is 24.3 Å². The lowest BCUT2D eigenvalue weighted by molar-refractivity contribution is -0.384. The van der Waals surface area contributed by atoms with Crippen LogP contribution in [0.4, 0.5) is 16.2 Å². The van der Waals surface area contributed by atoms with Crippen molar-refractivity contribution in [3.8, 4) is 0 Å². The van der Waals surface area contributed by atoms with Crippen molar-refractivity contribution in [2.45, 2.75) is 0 Å². The highest BCUT2D eigenvalue weighted by atomic mass is 32.2. The van der Waals surface area contributed by atoms with Crippen LogP contribution in [-0.2, 0) is 10.1 Å². The van der Waals surface area contributed by atoms with Crippen molar-refractivity contribution in [2.24, 2.45) is 0 Å². The lowest BCUT2D eigenvalue weighted by atomic mass is 10.3. The zero-order chi connectivity index (χ0) is 13.8. The molecule has 2 amide bonds. The van der Waals surface area contributed by atoms with Gasteiger partial charge in [0.2, 0.25) is 0 Å². The van der Waals surface area contributed by atoms with Gasteiger partial charge in [-0.25, -0.2) is 4.79 Å². The summed E-state index contributed by atoms with van der Waals surface area (Å²) in [6.45, 7) is 0. The molecule has 1 aromatic rings. The van der Waals surface area contributed by atoms with E-state index in [0.29, 0.717) is 0 Å². The quantitative estimate of drug-likeness (QED) is 0.417. The topological polar surface area (TPSA) is 139 Å². The van der Waals surface area contributed by atoms with Crippen molar-refractivity contribution < 1.29 is 22.7 Å². The minimum atomic E-state index is -4.29. The number of anilines is 1. The smallest absolute Gasteiger partial charge is 0.320 e. The van der Waals surface area contributed by atoms with Crippen molar-refractivity contribution in [1.82, 2.24) is 5.32 Å². The number of nitro benzene ring substituents is 1. The SMILES string of the molecule is O=C(NCS(=O)(=O)O)Nc1ccc([N+](=O)[O-])cc1. The van der Waals surface area contributed by atoms with Gasteiger partial charge in [-0.15, -0.1) is 0 Å². The number of nitrogens with one attached hydrogen (secondary N) is 2. The predicted molar refractivity (Wildman–Crippen MR) is 61.7 cm³/mol. The Hall–Kier alpha value is -2.20. The third-order valence-corrected chi connectivity index (χ3v) is 2.26. The van der Waals surface area contributed by atoms with Crippen molar-refractivity contribution in [1.29, 1.82) is 0 Å². The number of nitro groups is 1. The molecule has 18 heavy (non-hydrogen) atoms. The number of carbonyl (C=O) groups excluding carboxylic acids is 1. The largest absolute Gasteiger partial charge is 0.321 e. The van der Waals surface area contributed by atoms with Gasteiger partial charge in [0.05, 0.1) is 4.92 Å². The van der Waals surface area contributed by atoms with Gasteiger partial charge in [-0.3, -0.25) is 14.7 Å².